The molecule has 0 aromatic rings. The number of hydrazone groups is 1. The van der Waals surface area contributed by atoms with E-state index in [9.17, 15) is 0 Å². The van der Waals surface area contributed by atoms with Crippen LogP contribution in [-0.2, 0) is 0 Å². The minimum Gasteiger partial charge on any atom is -0.197 e. The molecule has 1 heterocycles. The van der Waals surface area contributed by atoms with Crippen LogP contribution in [0.5, 0.6) is 0 Å². The highest BCUT2D eigenvalue weighted by Gasteiger charge is 2.23. The summed E-state index contributed by atoms with van der Waals surface area (Å²) >= 11 is 0. The first-order chi connectivity index (χ1) is 3.83. The Bertz CT molecular complexity index is 144. The molecule has 3 nitrogen and oxygen atoms in total. The molecule has 0 amide bonds. The van der Waals surface area contributed by atoms with E-state index in [1.54, 1.807) is 11.2 Å². The molecule has 1 rings (SSSR count). The average Bonchev–Trinajstić information content (AvgIpc) is 2.14. The monoisotopic (exact) mass is 109 g/mol. The van der Waals surface area contributed by atoms with E-state index in [-0.39, 0.29) is 5.92 Å². The smallest absolute Gasteiger partial charge is 0.197 e. The SMILES string of the molecule is CN1CC(C#N)C=[N+]1. The van der Waals surface area contributed by atoms with Crippen molar-refractivity contribution < 1.29 is 0 Å². The molecule has 0 saturated carbocycles. The molecule has 1 unspecified atom stereocenters. The molecule has 0 fully saturated rings. The van der Waals surface area contributed by atoms with E-state index >= 15 is 0 Å². The summed E-state index contributed by atoms with van der Waals surface area (Å²) in [6.45, 7) is 0.747. The lowest BCUT2D eigenvalue weighted by atomic mass is 10.2. The van der Waals surface area contributed by atoms with Crippen LogP contribution in [0.25, 0.3) is 0 Å². The van der Waals surface area contributed by atoms with Gasteiger partial charge in [-0.3, -0.25) is 0 Å². The van der Waals surface area contributed by atoms with Gasteiger partial charge in [-0.1, -0.05) is 0 Å². The van der Waals surface area contributed by atoms with Crippen molar-refractivity contribution >= 4 is 6.21 Å². The van der Waals surface area contributed by atoms with Gasteiger partial charge in [-0.25, -0.2) is 0 Å². The highest BCUT2D eigenvalue weighted by Crippen LogP contribution is 1.95. The lowest BCUT2D eigenvalue weighted by Gasteiger charge is -1.90. The molecule has 0 aromatic carbocycles. The van der Waals surface area contributed by atoms with Crippen LogP contribution in [0.15, 0.2) is 0 Å². The summed E-state index contributed by atoms with van der Waals surface area (Å²) in [4.78, 5) is 0. The first kappa shape index (κ1) is 5.10. The Labute approximate surface area is 48.2 Å². The Kier molecular flexibility index (Phi) is 1.17. The van der Waals surface area contributed by atoms with Gasteiger partial charge in [0.05, 0.1) is 13.1 Å². The molecule has 1 aliphatic heterocycles. The summed E-state index contributed by atoms with van der Waals surface area (Å²) in [7, 11) is 1.86. The van der Waals surface area contributed by atoms with Gasteiger partial charge >= 0.3 is 0 Å². The normalized spacial score (nSPS) is 26.0. The first-order valence-electron chi connectivity index (χ1n) is 2.48. The first-order valence-corrected chi connectivity index (χ1v) is 2.48. The second-order valence-corrected chi connectivity index (χ2v) is 1.84. The van der Waals surface area contributed by atoms with Crippen molar-refractivity contribution in [3.05, 3.63) is 0 Å². The van der Waals surface area contributed by atoms with E-state index in [4.69, 9.17) is 5.26 Å². The van der Waals surface area contributed by atoms with Crippen LogP contribution < -0.4 is 5.10 Å². The van der Waals surface area contributed by atoms with Gasteiger partial charge in [0.1, 0.15) is 6.54 Å². The van der Waals surface area contributed by atoms with Crippen LogP contribution in [0.4, 0.5) is 0 Å². The second kappa shape index (κ2) is 1.83. The minimum absolute atomic E-state index is 0.0139. The van der Waals surface area contributed by atoms with Crippen molar-refractivity contribution in [2.24, 2.45) is 5.92 Å². The molecule has 0 aromatic heterocycles. The molecule has 41 valence electrons. The molecule has 0 saturated heterocycles. The van der Waals surface area contributed by atoms with E-state index in [1.165, 1.54) is 0 Å². The molecule has 0 bridgehead atoms. The maximum atomic E-state index is 8.32. The van der Waals surface area contributed by atoms with Gasteiger partial charge in [0.15, 0.2) is 11.0 Å². The predicted octanol–water partition coefficient (Wildman–Crippen LogP) is -0.607. The average molecular weight is 109 g/mol. The van der Waals surface area contributed by atoms with E-state index in [0.29, 0.717) is 0 Å². The fourth-order valence-electron chi connectivity index (χ4n) is 0.647. The van der Waals surface area contributed by atoms with Crippen LogP contribution in [0, 0.1) is 17.2 Å². The third-order valence-corrected chi connectivity index (χ3v) is 1.07. The van der Waals surface area contributed by atoms with Crippen molar-refractivity contribution in [2.45, 2.75) is 0 Å². The maximum Gasteiger partial charge on any atom is 0.270 e. The van der Waals surface area contributed by atoms with Gasteiger partial charge in [-0.2, -0.15) is 5.26 Å². The Morgan fingerprint density at radius 2 is 2.75 bits per heavy atom. The molecule has 0 spiro atoms. The predicted molar refractivity (Wildman–Crippen MR) is 29.9 cm³/mol. The molecular formula is C5H7N3+. The lowest BCUT2D eigenvalue weighted by molar-refractivity contribution is 0.333. The quantitative estimate of drug-likeness (QED) is 0.416. The second-order valence-electron chi connectivity index (χ2n) is 1.84. The largest absolute Gasteiger partial charge is 0.270 e. The highest BCUT2D eigenvalue weighted by molar-refractivity contribution is 5.64. The summed E-state index contributed by atoms with van der Waals surface area (Å²) in [6.07, 6.45) is 1.67. The summed E-state index contributed by atoms with van der Waals surface area (Å²) in [5, 5.41) is 13.9. The third-order valence-electron chi connectivity index (χ3n) is 1.07. The Balaban J connectivity index is 2.49. The zero-order chi connectivity index (χ0) is 5.98. The van der Waals surface area contributed by atoms with Crippen molar-refractivity contribution in [3.63, 3.8) is 0 Å². The summed E-state index contributed by atoms with van der Waals surface area (Å²) in [5.41, 5.74) is 0. The maximum absolute atomic E-state index is 8.32. The lowest BCUT2D eigenvalue weighted by Crippen LogP contribution is -2.16. The van der Waals surface area contributed by atoms with Gasteiger partial charge in [0, 0.05) is 0 Å². The number of hydrogen-bond donors (Lipinski definition) is 0. The Morgan fingerprint density at radius 1 is 2.00 bits per heavy atom. The van der Waals surface area contributed by atoms with Gasteiger partial charge < -0.3 is 0 Å². The minimum atomic E-state index is 0.0139. The number of hydrogen-bond acceptors (Lipinski definition) is 3. The van der Waals surface area contributed by atoms with Crippen LogP contribution in [0.3, 0.4) is 0 Å². The molecule has 1 radical (unpaired) electrons. The summed E-state index contributed by atoms with van der Waals surface area (Å²) in [6, 6.07) is 2.10. The van der Waals surface area contributed by atoms with E-state index in [0.717, 1.165) is 6.54 Å². The zero-order valence-electron chi connectivity index (χ0n) is 4.70. The number of nitrogens with zero attached hydrogens (tertiary/aromatic N) is 3. The Morgan fingerprint density at radius 3 is 3.00 bits per heavy atom. The summed E-state index contributed by atoms with van der Waals surface area (Å²) < 4.78 is 0. The van der Waals surface area contributed by atoms with Gasteiger partial charge in [-0.05, 0) is 0 Å². The van der Waals surface area contributed by atoms with Crippen LogP contribution in [0.1, 0.15) is 0 Å². The number of nitriles is 1. The molecular weight excluding hydrogens is 102 g/mol. The molecule has 0 aliphatic carbocycles. The molecule has 1 aliphatic rings. The van der Waals surface area contributed by atoms with Crippen LogP contribution in [0.2, 0.25) is 0 Å². The fourth-order valence-corrected chi connectivity index (χ4v) is 0.647. The standard InChI is InChI=1S/C5H7N3/c1-8-4-5(2-6)3-7-8/h3,5H,4H2,1H3/q+1. The van der Waals surface area contributed by atoms with E-state index in [1.807, 2.05) is 7.05 Å². The van der Waals surface area contributed by atoms with Gasteiger partial charge in [-0.15, -0.1) is 5.01 Å². The van der Waals surface area contributed by atoms with Crippen LogP contribution in [-0.4, -0.2) is 24.8 Å². The molecule has 1 atom stereocenters. The van der Waals surface area contributed by atoms with Gasteiger partial charge in [0.25, 0.3) is 6.21 Å². The van der Waals surface area contributed by atoms with Crippen molar-refractivity contribution in [1.29, 1.82) is 5.26 Å². The van der Waals surface area contributed by atoms with Crippen LogP contribution >= 0.6 is 0 Å². The number of rotatable bonds is 0. The van der Waals surface area contributed by atoms with Crippen molar-refractivity contribution in [1.82, 2.24) is 10.1 Å². The van der Waals surface area contributed by atoms with Crippen molar-refractivity contribution in [3.8, 4) is 6.07 Å². The zero-order valence-corrected chi connectivity index (χ0v) is 4.70. The third kappa shape index (κ3) is 0.784. The molecule has 0 N–H and O–H groups in total. The topological polar surface area (TPSA) is 41.1 Å². The Hall–Kier alpha value is -1.04. The van der Waals surface area contributed by atoms with E-state index < -0.39 is 0 Å². The highest BCUT2D eigenvalue weighted by atomic mass is 15.4. The van der Waals surface area contributed by atoms with Gasteiger partial charge in [0.2, 0.25) is 0 Å². The fraction of sp³-hybridized carbons (Fsp3) is 0.600. The molecule has 8 heavy (non-hydrogen) atoms. The van der Waals surface area contributed by atoms with E-state index in [2.05, 4.69) is 11.2 Å². The van der Waals surface area contributed by atoms with Crippen molar-refractivity contribution in [2.75, 3.05) is 13.6 Å². The summed E-state index contributed by atoms with van der Waals surface area (Å²) in [5.74, 6) is 0.0139. The molecule has 3 heteroatoms.